The zero-order chi connectivity index (χ0) is 22.2. The summed E-state index contributed by atoms with van der Waals surface area (Å²) in [5.74, 6) is -0.313. The molecule has 0 amide bonds. The molecular weight excluding hydrogens is 404 g/mol. The van der Waals surface area contributed by atoms with Gasteiger partial charge in [0.05, 0.1) is 12.6 Å². The topological polar surface area (TPSA) is 83.6 Å². The van der Waals surface area contributed by atoms with E-state index in [1.54, 1.807) is 0 Å². The van der Waals surface area contributed by atoms with Crippen LogP contribution in [-0.2, 0) is 22.5 Å². The van der Waals surface area contributed by atoms with Crippen molar-refractivity contribution in [2.45, 2.75) is 31.7 Å². The summed E-state index contributed by atoms with van der Waals surface area (Å²) in [6, 6.07) is 18.2. The number of H-pyrrole nitrogens is 1. The fraction of sp³-hybridized carbons (Fsp3) is 0.269. The first kappa shape index (κ1) is 21.9. The minimum Gasteiger partial charge on any atom is -0.482 e. The Morgan fingerprint density at radius 2 is 2.00 bits per heavy atom. The number of carbonyl (C=O) groups is 1. The van der Waals surface area contributed by atoms with E-state index in [9.17, 15) is 4.79 Å². The molecule has 0 radical (unpaired) electrons. The van der Waals surface area contributed by atoms with Crippen molar-refractivity contribution < 1.29 is 19.5 Å². The molecule has 1 unspecified atom stereocenters. The van der Waals surface area contributed by atoms with Crippen molar-refractivity contribution in [3.05, 3.63) is 95.3 Å². The summed E-state index contributed by atoms with van der Waals surface area (Å²) in [5.41, 5.74) is 9.05. The molecule has 0 spiro atoms. The van der Waals surface area contributed by atoms with Gasteiger partial charge in [-0.2, -0.15) is 5.48 Å². The molecule has 1 heterocycles. The van der Waals surface area contributed by atoms with Crippen LogP contribution in [0, 0.1) is 0 Å². The van der Waals surface area contributed by atoms with Gasteiger partial charge in [-0.1, -0.05) is 48.5 Å². The molecule has 0 saturated heterocycles. The maximum atomic E-state index is 10.9. The number of hydrogen-bond donors (Lipinski definition) is 3. The van der Waals surface area contributed by atoms with Gasteiger partial charge >= 0.3 is 5.97 Å². The Labute approximate surface area is 187 Å². The lowest BCUT2D eigenvalue weighted by molar-refractivity contribution is -0.139. The van der Waals surface area contributed by atoms with Crippen molar-refractivity contribution >= 4 is 11.5 Å². The molecule has 0 bridgehead atoms. The summed E-state index contributed by atoms with van der Waals surface area (Å²) < 4.78 is 5.50. The lowest BCUT2D eigenvalue weighted by atomic mass is 9.89. The largest absolute Gasteiger partial charge is 0.482 e. The zero-order valence-corrected chi connectivity index (χ0v) is 17.9. The smallest absolute Gasteiger partial charge is 0.341 e. The van der Waals surface area contributed by atoms with E-state index in [0.717, 1.165) is 36.8 Å². The van der Waals surface area contributed by atoms with E-state index in [1.807, 2.05) is 42.7 Å². The molecule has 3 aromatic rings. The molecule has 3 N–H and O–H groups in total. The fourth-order valence-electron chi connectivity index (χ4n) is 4.09. The number of aromatic amines is 1. The minimum atomic E-state index is -0.971. The SMILES string of the molecule is O=C(O)COc1cccc2c1CCC=C2CCONC(Cc1cc[nH]c1)c1ccccc1. The minimum absolute atomic E-state index is 0.0515. The normalized spacial score (nSPS) is 13.8. The van der Waals surface area contributed by atoms with E-state index < -0.39 is 5.97 Å². The van der Waals surface area contributed by atoms with E-state index >= 15 is 0 Å². The number of benzene rings is 2. The van der Waals surface area contributed by atoms with Crippen molar-refractivity contribution in [2.75, 3.05) is 13.2 Å². The fourth-order valence-corrected chi connectivity index (χ4v) is 4.09. The van der Waals surface area contributed by atoms with E-state index in [2.05, 4.69) is 40.8 Å². The molecule has 0 fully saturated rings. The lowest BCUT2D eigenvalue weighted by Crippen LogP contribution is -2.24. The van der Waals surface area contributed by atoms with Crippen LogP contribution in [-0.4, -0.2) is 29.3 Å². The van der Waals surface area contributed by atoms with Gasteiger partial charge in [0.1, 0.15) is 5.75 Å². The maximum absolute atomic E-state index is 10.9. The van der Waals surface area contributed by atoms with E-state index in [1.165, 1.54) is 16.7 Å². The number of allylic oxidation sites excluding steroid dienone is 1. The second kappa shape index (κ2) is 10.8. The Balaban J connectivity index is 1.36. The molecule has 166 valence electrons. The summed E-state index contributed by atoms with van der Waals surface area (Å²) in [6.07, 6.45) is 9.51. The Hall–Kier alpha value is -3.35. The Bertz CT molecular complexity index is 1040. The van der Waals surface area contributed by atoms with Crippen LogP contribution >= 0.6 is 0 Å². The second-order valence-electron chi connectivity index (χ2n) is 7.84. The zero-order valence-electron chi connectivity index (χ0n) is 17.9. The number of rotatable bonds is 11. The number of aliphatic carboxylic acids is 1. The number of aromatic nitrogens is 1. The molecule has 2 aromatic carbocycles. The lowest BCUT2D eigenvalue weighted by Gasteiger charge is -2.22. The van der Waals surface area contributed by atoms with Crippen LogP contribution in [0.15, 0.2) is 73.1 Å². The summed E-state index contributed by atoms with van der Waals surface area (Å²) in [5, 5.41) is 8.92. The Morgan fingerprint density at radius 3 is 2.78 bits per heavy atom. The van der Waals surface area contributed by atoms with Crippen molar-refractivity contribution in [1.29, 1.82) is 0 Å². The molecular formula is C26H28N2O4. The van der Waals surface area contributed by atoms with E-state index in [-0.39, 0.29) is 12.6 Å². The first-order valence-electron chi connectivity index (χ1n) is 10.9. The summed E-state index contributed by atoms with van der Waals surface area (Å²) >= 11 is 0. The quantitative estimate of drug-likeness (QED) is 0.302. The number of carboxylic acids is 1. The maximum Gasteiger partial charge on any atom is 0.341 e. The number of carboxylic acid groups (broad SMARTS) is 1. The number of fused-ring (bicyclic) bond motifs is 1. The summed E-state index contributed by atoms with van der Waals surface area (Å²) in [4.78, 5) is 19.9. The van der Waals surface area contributed by atoms with Gasteiger partial charge in [0, 0.05) is 18.0 Å². The standard InChI is InChI=1S/C26H28N2O4/c29-26(30)18-31-25-11-5-9-22-20(8-4-10-23(22)25)13-15-32-28-24(16-19-12-14-27-17-19)21-6-2-1-3-7-21/h1-3,5-9,11-12,14,17,24,27-28H,4,10,13,15-16,18H2,(H,29,30). The van der Waals surface area contributed by atoms with Crippen molar-refractivity contribution in [3.63, 3.8) is 0 Å². The van der Waals surface area contributed by atoms with Crippen LogP contribution in [0.2, 0.25) is 0 Å². The van der Waals surface area contributed by atoms with E-state index in [4.69, 9.17) is 14.7 Å². The molecule has 32 heavy (non-hydrogen) atoms. The van der Waals surface area contributed by atoms with Gasteiger partial charge in [0.25, 0.3) is 0 Å². The number of hydroxylamine groups is 1. The van der Waals surface area contributed by atoms with E-state index in [0.29, 0.717) is 12.4 Å². The van der Waals surface area contributed by atoms with Gasteiger partial charge in [0.2, 0.25) is 0 Å². The van der Waals surface area contributed by atoms with Gasteiger partial charge < -0.3 is 19.7 Å². The molecule has 1 aromatic heterocycles. The predicted octanol–water partition coefficient (Wildman–Crippen LogP) is 4.70. The Kier molecular flexibility index (Phi) is 7.38. The van der Waals surface area contributed by atoms with Crippen LogP contribution < -0.4 is 10.2 Å². The average molecular weight is 433 g/mol. The highest BCUT2D eigenvalue weighted by atomic mass is 16.6. The van der Waals surface area contributed by atoms with Gasteiger partial charge in [0.15, 0.2) is 6.61 Å². The molecule has 1 atom stereocenters. The van der Waals surface area contributed by atoms with Crippen LogP contribution in [0.25, 0.3) is 5.57 Å². The van der Waals surface area contributed by atoms with Crippen LogP contribution in [0.1, 0.15) is 41.1 Å². The molecule has 1 aliphatic carbocycles. The van der Waals surface area contributed by atoms with Crippen LogP contribution in [0.4, 0.5) is 0 Å². The molecule has 0 aliphatic heterocycles. The molecule has 1 aliphatic rings. The predicted molar refractivity (Wildman–Crippen MR) is 123 cm³/mol. The third kappa shape index (κ3) is 5.66. The van der Waals surface area contributed by atoms with Gasteiger partial charge in [-0.3, -0.25) is 0 Å². The highest BCUT2D eigenvalue weighted by molar-refractivity contribution is 5.73. The number of ether oxygens (including phenoxy) is 1. The second-order valence-corrected chi connectivity index (χ2v) is 7.84. The monoisotopic (exact) mass is 432 g/mol. The summed E-state index contributed by atoms with van der Waals surface area (Å²) in [7, 11) is 0. The highest BCUT2D eigenvalue weighted by Crippen LogP contribution is 2.34. The van der Waals surface area contributed by atoms with Crippen LogP contribution in [0.3, 0.4) is 0 Å². The van der Waals surface area contributed by atoms with Crippen molar-refractivity contribution in [2.24, 2.45) is 0 Å². The molecule has 4 rings (SSSR count). The van der Waals surface area contributed by atoms with Crippen LogP contribution in [0.5, 0.6) is 5.75 Å². The third-order valence-corrected chi connectivity index (χ3v) is 5.62. The summed E-state index contributed by atoms with van der Waals surface area (Å²) in [6.45, 7) is 0.201. The average Bonchev–Trinajstić information content (AvgIpc) is 3.33. The molecule has 6 nitrogen and oxygen atoms in total. The van der Waals surface area contributed by atoms with Crippen molar-refractivity contribution in [3.8, 4) is 5.75 Å². The third-order valence-electron chi connectivity index (χ3n) is 5.62. The van der Waals surface area contributed by atoms with Gasteiger partial charge in [-0.15, -0.1) is 0 Å². The highest BCUT2D eigenvalue weighted by Gasteiger charge is 2.18. The first-order valence-corrected chi connectivity index (χ1v) is 10.9. The first-order chi connectivity index (χ1) is 15.7. The number of nitrogens with one attached hydrogen (secondary N) is 2. The molecule has 6 heteroatoms. The van der Waals surface area contributed by atoms with Crippen molar-refractivity contribution in [1.82, 2.24) is 10.5 Å². The Morgan fingerprint density at radius 1 is 1.12 bits per heavy atom. The van der Waals surface area contributed by atoms with Gasteiger partial charge in [-0.05, 0) is 60.1 Å². The number of hydrogen-bond acceptors (Lipinski definition) is 4. The van der Waals surface area contributed by atoms with Gasteiger partial charge in [-0.25, -0.2) is 4.79 Å². The molecule has 0 saturated carbocycles.